The fourth-order valence-electron chi connectivity index (χ4n) is 0.968. The molecule has 0 heterocycles. The SMILES string of the molecule is Cl.Nc1ccccc1C(=O)NCCO. The molecule has 0 aliphatic rings. The van der Waals surface area contributed by atoms with Crippen LogP contribution in [0.4, 0.5) is 5.69 Å². The quantitative estimate of drug-likeness (QED) is 0.641. The van der Waals surface area contributed by atoms with Crippen LogP contribution in [0.15, 0.2) is 24.3 Å². The summed E-state index contributed by atoms with van der Waals surface area (Å²) in [7, 11) is 0. The third-order valence-electron chi connectivity index (χ3n) is 1.60. The summed E-state index contributed by atoms with van der Waals surface area (Å²) in [5.41, 5.74) is 6.45. The Morgan fingerprint density at radius 3 is 2.64 bits per heavy atom. The van der Waals surface area contributed by atoms with E-state index in [1.165, 1.54) is 0 Å². The molecule has 14 heavy (non-hydrogen) atoms. The first kappa shape index (κ1) is 12.7. The van der Waals surface area contributed by atoms with E-state index in [4.69, 9.17) is 10.8 Å². The number of nitrogens with two attached hydrogens (primary N) is 1. The van der Waals surface area contributed by atoms with Crippen LogP contribution >= 0.6 is 12.4 Å². The molecule has 1 amide bonds. The van der Waals surface area contributed by atoms with E-state index in [0.29, 0.717) is 11.3 Å². The molecule has 0 unspecified atom stereocenters. The second-order valence-corrected chi connectivity index (χ2v) is 2.57. The van der Waals surface area contributed by atoms with Crippen molar-refractivity contribution >= 4 is 24.0 Å². The van der Waals surface area contributed by atoms with Gasteiger partial charge in [0, 0.05) is 12.2 Å². The average Bonchev–Trinajstić information content (AvgIpc) is 2.15. The number of carbonyl (C=O) groups excluding carboxylic acids is 1. The molecule has 0 spiro atoms. The van der Waals surface area contributed by atoms with Crippen molar-refractivity contribution in [2.24, 2.45) is 0 Å². The van der Waals surface area contributed by atoms with E-state index >= 15 is 0 Å². The summed E-state index contributed by atoms with van der Waals surface area (Å²) in [5.74, 6) is -0.257. The molecular weight excluding hydrogens is 204 g/mol. The average molecular weight is 217 g/mol. The molecule has 1 aromatic carbocycles. The molecule has 4 N–H and O–H groups in total. The van der Waals surface area contributed by atoms with Crippen LogP contribution in [0.2, 0.25) is 0 Å². The number of nitrogens with one attached hydrogen (secondary N) is 1. The molecule has 1 rings (SSSR count). The summed E-state index contributed by atoms with van der Waals surface area (Å²) in [4.78, 5) is 11.3. The van der Waals surface area contributed by atoms with Gasteiger partial charge in [0.1, 0.15) is 0 Å². The largest absolute Gasteiger partial charge is 0.398 e. The molecule has 0 aliphatic heterocycles. The number of rotatable bonds is 3. The van der Waals surface area contributed by atoms with Gasteiger partial charge in [-0.3, -0.25) is 4.79 Å². The first-order valence-electron chi connectivity index (χ1n) is 3.99. The fraction of sp³-hybridized carbons (Fsp3) is 0.222. The number of para-hydroxylation sites is 1. The van der Waals surface area contributed by atoms with Gasteiger partial charge in [0.2, 0.25) is 0 Å². The molecule has 1 aromatic rings. The molecule has 0 bridgehead atoms. The standard InChI is InChI=1S/C9H12N2O2.ClH/c10-8-4-2-1-3-7(8)9(13)11-5-6-12;/h1-4,12H,5-6,10H2,(H,11,13);1H. The Morgan fingerprint density at radius 1 is 1.43 bits per heavy atom. The van der Waals surface area contributed by atoms with Crippen molar-refractivity contribution in [3.63, 3.8) is 0 Å². The summed E-state index contributed by atoms with van der Waals surface area (Å²) < 4.78 is 0. The van der Waals surface area contributed by atoms with E-state index < -0.39 is 0 Å². The van der Waals surface area contributed by atoms with Crippen molar-refractivity contribution in [1.29, 1.82) is 0 Å². The van der Waals surface area contributed by atoms with Crippen LogP contribution < -0.4 is 11.1 Å². The van der Waals surface area contributed by atoms with Gasteiger partial charge in [-0.15, -0.1) is 12.4 Å². The highest BCUT2D eigenvalue weighted by atomic mass is 35.5. The zero-order valence-corrected chi connectivity index (χ0v) is 8.38. The number of benzene rings is 1. The van der Waals surface area contributed by atoms with E-state index in [2.05, 4.69) is 5.32 Å². The lowest BCUT2D eigenvalue weighted by Crippen LogP contribution is -2.27. The van der Waals surface area contributed by atoms with Crippen LogP contribution in [0.25, 0.3) is 0 Å². The number of halogens is 1. The van der Waals surface area contributed by atoms with Gasteiger partial charge in [0.05, 0.1) is 12.2 Å². The molecule has 0 saturated heterocycles. The van der Waals surface area contributed by atoms with Crippen LogP contribution in [-0.2, 0) is 0 Å². The zero-order valence-electron chi connectivity index (χ0n) is 7.56. The maximum Gasteiger partial charge on any atom is 0.253 e. The lowest BCUT2D eigenvalue weighted by molar-refractivity contribution is 0.0945. The molecule has 0 fully saturated rings. The van der Waals surface area contributed by atoms with Gasteiger partial charge < -0.3 is 16.2 Å². The fourth-order valence-corrected chi connectivity index (χ4v) is 0.968. The number of aliphatic hydroxyl groups excluding tert-OH is 1. The molecule has 4 nitrogen and oxygen atoms in total. The highest BCUT2D eigenvalue weighted by Crippen LogP contribution is 2.09. The molecule has 5 heteroatoms. The summed E-state index contributed by atoms with van der Waals surface area (Å²) in [6, 6.07) is 6.80. The Balaban J connectivity index is 0.00000169. The normalized spacial score (nSPS) is 8.93. The summed E-state index contributed by atoms with van der Waals surface area (Å²) in [6.07, 6.45) is 0. The van der Waals surface area contributed by atoms with Gasteiger partial charge in [0.25, 0.3) is 5.91 Å². The van der Waals surface area contributed by atoms with E-state index in [1.54, 1.807) is 24.3 Å². The van der Waals surface area contributed by atoms with Gasteiger partial charge in [-0.1, -0.05) is 12.1 Å². The van der Waals surface area contributed by atoms with E-state index in [-0.39, 0.29) is 31.5 Å². The van der Waals surface area contributed by atoms with Gasteiger partial charge in [0.15, 0.2) is 0 Å². The van der Waals surface area contributed by atoms with Crippen LogP contribution in [-0.4, -0.2) is 24.2 Å². The smallest absolute Gasteiger partial charge is 0.253 e. The van der Waals surface area contributed by atoms with Crippen molar-refractivity contribution in [1.82, 2.24) is 5.32 Å². The molecule has 0 aliphatic carbocycles. The predicted octanol–water partition coefficient (Wildman–Crippen LogP) is 0.413. The molecule has 0 atom stereocenters. The van der Waals surface area contributed by atoms with Crippen LogP contribution in [0.5, 0.6) is 0 Å². The number of aliphatic hydroxyl groups is 1. The zero-order chi connectivity index (χ0) is 9.68. The van der Waals surface area contributed by atoms with Crippen molar-refractivity contribution < 1.29 is 9.90 Å². The van der Waals surface area contributed by atoms with Gasteiger partial charge >= 0.3 is 0 Å². The second kappa shape index (κ2) is 6.23. The van der Waals surface area contributed by atoms with E-state index in [0.717, 1.165) is 0 Å². The minimum atomic E-state index is -0.257. The second-order valence-electron chi connectivity index (χ2n) is 2.57. The number of hydrogen-bond donors (Lipinski definition) is 3. The van der Waals surface area contributed by atoms with Crippen molar-refractivity contribution in [3.8, 4) is 0 Å². The monoisotopic (exact) mass is 216 g/mol. The lowest BCUT2D eigenvalue weighted by Gasteiger charge is -2.04. The first-order chi connectivity index (χ1) is 6.25. The molecule has 0 saturated carbocycles. The van der Waals surface area contributed by atoms with Gasteiger partial charge in [-0.25, -0.2) is 0 Å². The number of anilines is 1. The molecule has 0 aromatic heterocycles. The number of nitrogen functional groups attached to an aromatic ring is 1. The molecule has 0 radical (unpaired) electrons. The topological polar surface area (TPSA) is 75.4 Å². The summed E-state index contributed by atoms with van der Waals surface area (Å²) in [6.45, 7) is 0.172. The predicted molar refractivity (Wildman–Crippen MR) is 57.5 cm³/mol. The van der Waals surface area contributed by atoms with Crippen molar-refractivity contribution in [2.75, 3.05) is 18.9 Å². The highest BCUT2D eigenvalue weighted by molar-refractivity contribution is 5.98. The number of hydrogen-bond acceptors (Lipinski definition) is 3. The van der Waals surface area contributed by atoms with Crippen LogP contribution in [0, 0.1) is 0 Å². The summed E-state index contributed by atoms with van der Waals surface area (Å²) >= 11 is 0. The molecule has 78 valence electrons. The Bertz CT molecular complexity index is 305. The van der Waals surface area contributed by atoms with Gasteiger partial charge in [-0.05, 0) is 12.1 Å². The third-order valence-corrected chi connectivity index (χ3v) is 1.60. The van der Waals surface area contributed by atoms with E-state index in [1.807, 2.05) is 0 Å². The minimum Gasteiger partial charge on any atom is -0.398 e. The Kier molecular flexibility index (Phi) is 5.67. The van der Waals surface area contributed by atoms with Crippen LogP contribution in [0.1, 0.15) is 10.4 Å². The first-order valence-corrected chi connectivity index (χ1v) is 3.99. The number of amides is 1. The summed E-state index contributed by atoms with van der Waals surface area (Å²) in [5, 5.41) is 11.0. The van der Waals surface area contributed by atoms with Crippen molar-refractivity contribution in [2.45, 2.75) is 0 Å². The number of carbonyl (C=O) groups is 1. The Morgan fingerprint density at radius 2 is 2.07 bits per heavy atom. The lowest BCUT2D eigenvalue weighted by atomic mass is 10.2. The maximum absolute atomic E-state index is 11.3. The Hall–Kier alpha value is -1.26. The minimum absolute atomic E-state index is 0. The maximum atomic E-state index is 11.3. The van der Waals surface area contributed by atoms with Crippen LogP contribution in [0.3, 0.4) is 0 Å². The van der Waals surface area contributed by atoms with Crippen molar-refractivity contribution in [3.05, 3.63) is 29.8 Å². The molecular formula is C9H13ClN2O2. The van der Waals surface area contributed by atoms with Gasteiger partial charge in [-0.2, -0.15) is 0 Å². The highest BCUT2D eigenvalue weighted by Gasteiger charge is 2.06. The van der Waals surface area contributed by atoms with E-state index in [9.17, 15) is 4.79 Å². The Labute approximate surface area is 88.5 Å². The third kappa shape index (κ3) is 3.24.